The van der Waals surface area contributed by atoms with Crippen LogP contribution in [0.4, 0.5) is 0 Å². The lowest BCUT2D eigenvalue weighted by Gasteiger charge is -2.03. The molecule has 0 spiro atoms. The fourth-order valence-corrected chi connectivity index (χ4v) is 2.66. The Kier molecular flexibility index (Phi) is 4.52. The average molecular weight is 394 g/mol. The highest BCUT2D eigenvalue weighted by Gasteiger charge is 2.10. The van der Waals surface area contributed by atoms with Crippen molar-refractivity contribution in [2.24, 2.45) is 5.10 Å². The van der Waals surface area contributed by atoms with E-state index in [4.69, 9.17) is 23.8 Å². The Morgan fingerprint density at radius 3 is 2.64 bits per heavy atom. The van der Waals surface area contributed by atoms with Crippen LogP contribution in [-0.2, 0) is 0 Å². The molecule has 0 aliphatic carbocycles. The Morgan fingerprint density at radius 1 is 1.18 bits per heavy atom. The number of benzene rings is 2. The number of rotatable bonds is 3. The van der Waals surface area contributed by atoms with Gasteiger partial charge >= 0.3 is 0 Å². The van der Waals surface area contributed by atoms with Crippen molar-refractivity contribution in [1.29, 1.82) is 0 Å². The van der Waals surface area contributed by atoms with Gasteiger partial charge in [0.05, 0.1) is 6.21 Å². The number of nitrogens with zero attached hydrogens (tertiary/aromatic N) is 3. The molecule has 0 fully saturated rings. The Labute approximate surface area is 145 Å². The molecule has 0 saturated heterocycles. The quantitative estimate of drug-likeness (QED) is 0.508. The fraction of sp³-hybridized carbons (Fsp3) is 0. The monoisotopic (exact) mass is 392 g/mol. The molecule has 1 aromatic heterocycles. The SMILES string of the molecule is S=c1[nH]nc(-c2ccccc2Br)n1/N=C\c1ccc(Cl)cc1. The Morgan fingerprint density at radius 2 is 1.91 bits per heavy atom. The van der Waals surface area contributed by atoms with E-state index >= 15 is 0 Å². The van der Waals surface area contributed by atoms with Gasteiger partial charge in [0.25, 0.3) is 0 Å². The van der Waals surface area contributed by atoms with E-state index in [0.29, 0.717) is 15.6 Å². The van der Waals surface area contributed by atoms with E-state index in [2.05, 4.69) is 31.2 Å². The molecule has 1 heterocycles. The van der Waals surface area contributed by atoms with Crippen molar-refractivity contribution in [3.05, 3.63) is 68.4 Å². The second-order valence-electron chi connectivity index (χ2n) is 4.44. The van der Waals surface area contributed by atoms with Crippen LogP contribution in [0.2, 0.25) is 5.02 Å². The molecule has 3 aromatic rings. The molecule has 0 bridgehead atoms. The van der Waals surface area contributed by atoms with E-state index in [1.165, 1.54) is 0 Å². The van der Waals surface area contributed by atoms with E-state index in [1.807, 2.05) is 48.5 Å². The van der Waals surface area contributed by atoms with E-state index in [0.717, 1.165) is 15.6 Å². The van der Waals surface area contributed by atoms with Crippen LogP contribution in [0.1, 0.15) is 5.56 Å². The molecular formula is C15H10BrClN4S. The predicted molar refractivity (Wildman–Crippen MR) is 95.0 cm³/mol. The van der Waals surface area contributed by atoms with Crippen molar-refractivity contribution in [1.82, 2.24) is 14.9 Å². The first-order valence-corrected chi connectivity index (χ1v) is 7.95. The topological polar surface area (TPSA) is 46.0 Å². The van der Waals surface area contributed by atoms with Crippen molar-refractivity contribution in [2.45, 2.75) is 0 Å². The van der Waals surface area contributed by atoms with Crippen molar-refractivity contribution in [2.75, 3.05) is 0 Å². The first-order valence-electron chi connectivity index (χ1n) is 6.37. The number of aromatic amines is 1. The molecule has 0 aliphatic rings. The lowest BCUT2D eigenvalue weighted by Crippen LogP contribution is -1.95. The van der Waals surface area contributed by atoms with Crippen LogP contribution in [0, 0.1) is 4.77 Å². The number of nitrogens with one attached hydrogen (secondary N) is 1. The van der Waals surface area contributed by atoms with Crippen molar-refractivity contribution >= 4 is 46.0 Å². The van der Waals surface area contributed by atoms with Gasteiger partial charge in [0.15, 0.2) is 5.82 Å². The van der Waals surface area contributed by atoms with E-state index in [1.54, 1.807) is 10.9 Å². The number of hydrogen-bond acceptors (Lipinski definition) is 3. The summed E-state index contributed by atoms with van der Waals surface area (Å²) in [6, 6.07) is 15.2. The largest absolute Gasteiger partial charge is 0.250 e. The first kappa shape index (κ1) is 15.1. The minimum atomic E-state index is 0.427. The normalized spacial score (nSPS) is 11.2. The lowest BCUT2D eigenvalue weighted by molar-refractivity contribution is 0.871. The zero-order valence-electron chi connectivity index (χ0n) is 11.2. The molecule has 7 heteroatoms. The summed E-state index contributed by atoms with van der Waals surface area (Å²) in [6.45, 7) is 0. The molecule has 22 heavy (non-hydrogen) atoms. The second-order valence-corrected chi connectivity index (χ2v) is 6.12. The van der Waals surface area contributed by atoms with Gasteiger partial charge in [0.1, 0.15) is 0 Å². The zero-order chi connectivity index (χ0) is 15.5. The second kappa shape index (κ2) is 6.56. The Bertz CT molecular complexity index is 883. The van der Waals surface area contributed by atoms with Gasteiger partial charge in [-0.05, 0) is 42.0 Å². The maximum atomic E-state index is 5.87. The molecule has 0 unspecified atom stereocenters. The van der Waals surface area contributed by atoms with Crippen LogP contribution < -0.4 is 0 Å². The number of halogens is 2. The molecule has 0 amide bonds. The summed E-state index contributed by atoms with van der Waals surface area (Å²) in [5, 5.41) is 12.1. The first-order chi connectivity index (χ1) is 10.6. The predicted octanol–water partition coefficient (Wildman–Crippen LogP) is 4.91. The third kappa shape index (κ3) is 3.19. The van der Waals surface area contributed by atoms with E-state index < -0.39 is 0 Å². The summed E-state index contributed by atoms with van der Waals surface area (Å²) in [7, 11) is 0. The molecule has 2 aromatic carbocycles. The molecule has 0 aliphatic heterocycles. The molecule has 1 N–H and O–H groups in total. The van der Waals surface area contributed by atoms with Gasteiger partial charge in [-0.1, -0.05) is 51.8 Å². The van der Waals surface area contributed by atoms with Gasteiger partial charge in [-0.25, -0.2) is 5.10 Å². The minimum Gasteiger partial charge on any atom is -0.250 e. The molecule has 3 rings (SSSR count). The van der Waals surface area contributed by atoms with Gasteiger partial charge in [0.2, 0.25) is 4.77 Å². The molecule has 4 nitrogen and oxygen atoms in total. The fourth-order valence-electron chi connectivity index (χ4n) is 1.89. The molecule has 0 radical (unpaired) electrons. The van der Waals surface area contributed by atoms with Crippen molar-refractivity contribution in [3.63, 3.8) is 0 Å². The lowest BCUT2D eigenvalue weighted by atomic mass is 10.2. The third-order valence-corrected chi connectivity index (χ3v) is 4.17. The van der Waals surface area contributed by atoms with Crippen LogP contribution in [-0.4, -0.2) is 21.1 Å². The number of H-pyrrole nitrogens is 1. The molecule has 110 valence electrons. The highest BCUT2D eigenvalue weighted by molar-refractivity contribution is 9.10. The van der Waals surface area contributed by atoms with Crippen LogP contribution in [0.15, 0.2) is 58.1 Å². The summed E-state index contributed by atoms with van der Waals surface area (Å²) in [5.74, 6) is 0.641. The van der Waals surface area contributed by atoms with Gasteiger partial charge in [0, 0.05) is 15.1 Å². The van der Waals surface area contributed by atoms with Crippen LogP contribution in [0.5, 0.6) is 0 Å². The summed E-state index contributed by atoms with van der Waals surface area (Å²) >= 11 is 14.6. The highest BCUT2D eigenvalue weighted by Crippen LogP contribution is 2.26. The van der Waals surface area contributed by atoms with Gasteiger partial charge < -0.3 is 0 Å². The standard InChI is InChI=1S/C15H10BrClN4S/c16-13-4-2-1-3-12(13)14-19-20-15(22)21(14)18-9-10-5-7-11(17)8-6-10/h1-9H,(H,20,22)/b18-9-. The van der Waals surface area contributed by atoms with Crippen LogP contribution in [0.25, 0.3) is 11.4 Å². The maximum absolute atomic E-state index is 5.87. The zero-order valence-corrected chi connectivity index (χ0v) is 14.4. The molecule has 0 atom stereocenters. The van der Waals surface area contributed by atoms with Gasteiger partial charge in [-0.2, -0.15) is 14.9 Å². The molecular weight excluding hydrogens is 384 g/mol. The summed E-state index contributed by atoms with van der Waals surface area (Å²) in [4.78, 5) is 0. The van der Waals surface area contributed by atoms with Crippen molar-refractivity contribution in [3.8, 4) is 11.4 Å². The summed E-state index contributed by atoms with van der Waals surface area (Å²) < 4.78 is 2.94. The van der Waals surface area contributed by atoms with Crippen LogP contribution in [0.3, 0.4) is 0 Å². The Hall–Kier alpha value is -1.76. The highest BCUT2D eigenvalue weighted by atomic mass is 79.9. The van der Waals surface area contributed by atoms with Gasteiger partial charge in [-0.3, -0.25) is 0 Å². The van der Waals surface area contributed by atoms with Gasteiger partial charge in [-0.15, -0.1) is 0 Å². The van der Waals surface area contributed by atoms with E-state index in [9.17, 15) is 0 Å². The van der Waals surface area contributed by atoms with Crippen molar-refractivity contribution < 1.29 is 0 Å². The average Bonchev–Trinajstić information content (AvgIpc) is 2.88. The summed E-state index contributed by atoms with van der Waals surface area (Å²) in [6.07, 6.45) is 1.71. The maximum Gasteiger partial charge on any atom is 0.216 e. The number of aromatic nitrogens is 3. The Balaban J connectivity index is 2.02. The number of hydrogen-bond donors (Lipinski definition) is 1. The third-order valence-electron chi connectivity index (χ3n) is 2.96. The van der Waals surface area contributed by atoms with E-state index in [-0.39, 0.29) is 0 Å². The smallest absolute Gasteiger partial charge is 0.216 e. The minimum absolute atomic E-state index is 0.427. The summed E-state index contributed by atoms with van der Waals surface area (Å²) in [5.41, 5.74) is 1.83. The van der Waals surface area contributed by atoms with Crippen LogP contribution >= 0.6 is 39.7 Å². The molecule has 0 saturated carbocycles.